The summed E-state index contributed by atoms with van der Waals surface area (Å²) in [6, 6.07) is 7.94. The van der Waals surface area contributed by atoms with Crippen molar-refractivity contribution in [1.82, 2.24) is 0 Å². The first kappa shape index (κ1) is 10.9. The van der Waals surface area contributed by atoms with E-state index in [0.717, 1.165) is 16.8 Å². The highest BCUT2D eigenvalue weighted by Gasteiger charge is 1.98. The maximum atomic E-state index is 8.66. The molecular formula is C11H15NO2. The van der Waals surface area contributed by atoms with Crippen molar-refractivity contribution in [2.24, 2.45) is 4.99 Å². The van der Waals surface area contributed by atoms with E-state index < -0.39 is 0 Å². The number of aliphatic hydroxyl groups is 1. The van der Waals surface area contributed by atoms with E-state index in [2.05, 4.69) is 4.99 Å². The summed E-state index contributed by atoms with van der Waals surface area (Å²) in [6.07, 6.45) is 0. The van der Waals surface area contributed by atoms with Crippen molar-refractivity contribution < 1.29 is 9.84 Å². The minimum absolute atomic E-state index is 0.166. The molecule has 0 bridgehead atoms. The van der Waals surface area contributed by atoms with Gasteiger partial charge in [0.05, 0.1) is 6.61 Å². The lowest BCUT2D eigenvalue weighted by Crippen LogP contribution is -1.98. The Bertz CT molecular complexity index is 321. The van der Waals surface area contributed by atoms with Crippen molar-refractivity contribution in [3.05, 3.63) is 35.4 Å². The van der Waals surface area contributed by atoms with Gasteiger partial charge in [0, 0.05) is 12.8 Å². The van der Waals surface area contributed by atoms with Gasteiger partial charge in [-0.15, -0.1) is 0 Å². The van der Waals surface area contributed by atoms with Crippen LogP contribution in [0.3, 0.4) is 0 Å². The predicted octanol–water partition coefficient (Wildman–Crippen LogP) is 1.59. The highest BCUT2D eigenvalue weighted by Crippen LogP contribution is 2.07. The molecule has 0 aliphatic heterocycles. The summed E-state index contributed by atoms with van der Waals surface area (Å²) in [6.45, 7) is 2.31. The van der Waals surface area contributed by atoms with E-state index >= 15 is 0 Å². The molecule has 0 aromatic heterocycles. The highest BCUT2D eigenvalue weighted by atomic mass is 16.5. The monoisotopic (exact) mass is 193 g/mol. The van der Waals surface area contributed by atoms with Gasteiger partial charge in [-0.2, -0.15) is 0 Å². The Balaban J connectivity index is 2.87. The number of hydrogen-bond donors (Lipinski definition) is 1. The standard InChI is InChI=1S/C11H15NO2/c1-9(12-8-13)11-5-3-4-10(6-11)7-14-2/h3-6,13H,7-8H2,1-2H3. The van der Waals surface area contributed by atoms with Gasteiger partial charge in [-0.1, -0.05) is 18.2 Å². The number of benzene rings is 1. The molecule has 1 rings (SSSR count). The van der Waals surface area contributed by atoms with Crippen LogP contribution in [0, 0.1) is 0 Å². The lowest BCUT2D eigenvalue weighted by molar-refractivity contribution is 0.185. The first-order valence-electron chi connectivity index (χ1n) is 4.48. The molecule has 0 heterocycles. The van der Waals surface area contributed by atoms with E-state index in [0.29, 0.717) is 6.61 Å². The molecule has 0 unspecified atom stereocenters. The first-order valence-corrected chi connectivity index (χ1v) is 4.48. The zero-order valence-corrected chi connectivity index (χ0v) is 8.53. The summed E-state index contributed by atoms with van der Waals surface area (Å²) in [5.74, 6) is 0. The SMILES string of the molecule is COCc1cccc(C(C)=NCO)c1. The van der Waals surface area contributed by atoms with Crippen LogP contribution in [-0.4, -0.2) is 24.7 Å². The van der Waals surface area contributed by atoms with Crippen LogP contribution in [0.5, 0.6) is 0 Å². The maximum absolute atomic E-state index is 8.66. The van der Waals surface area contributed by atoms with Crippen LogP contribution in [-0.2, 0) is 11.3 Å². The molecule has 1 aromatic rings. The Labute approximate surface area is 84.1 Å². The highest BCUT2D eigenvalue weighted by molar-refractivity contribution is 5.98. The van der Waals surface area contributed by atoms with Crippen molar-refractivity contribution in [2.75, 3.05) is 13.8 Å². The molecule has 1 aromatic carbocycles. The second kappa shape index (κ2) is 5.52. The number of nitrogens with zero attached hydrogens (tertiary/aromatic N) is 1. The molecule has 3 nitrogen and oxygen atoms in total. The van der Waals surface area contributed by atoms with Gasteiger partial charge in [-0.05, 0) is 24.1 Å². The van der Waals surface area contributed by atoms with E-state index in [1.165, 1.54) is 0 Å². The van der Waals surface area contributed by atoms with E-state index in [-0.39, 0.29) is 6.73 Å². The molecule has 0 saturated heterocycles. The fourth-order valence-electron chi connectivity index (χ4n) is 1.25. The summed E-state index contributed by atoms with van der Waals surface area (Å²) in [4.78, 5) is 3.93. The van der Waals surface area contributed by atoms with Gasteiger partial charge in [0.2, 0.25) is 0 Å². The van der Waals surface area contributed by atoms with E-state index in [1.807, 2.05) is 31.2 Å². The molecular weight excluding hydrogens is 178 g/mol. The maximum Gasteiger partial charge on any atom is 0.134 e. The zero-order valence-electron chi connectivity index (χ0n) is 8.53. The molecule has 0 aliphatic rings. The normalized spacial score (nSPS) is 11.8. The van der Waals surface area contributed by atoms with Gasteiger partial charge >= 0.3 is 0 Å². The van der Waals surface area contributed by atoms with Crippen molar-refractivity contribution in [3.8, 4) is 0 Å². The molecule has 76 valence electrons. The summed E-state index contributed by atoms with van der Waals surface area (Å²) >= 11 is 0. The van der Waals surface area contributed by atoms with Crippen LogP contribution < -0.4 is 0 Å². The van der Waals surface area contributed by atoms with Crippen LogP contribution in [0.2, 0.25) is 0 Å². The molecule has 0 spiro atoms. The van der Waals surface area contributed by atoms with Crippen LogP contribution in [0.1, 0.15) is 18.1 Å². The van der Waals surface area contributed by atoms with Gasteiger partial charge in [-0.3, -0.25) is 4.99 Å². The van der Waals surface area contributed by atoms with Crippen molar-refractivity contribution in [1.29, 1.82) is 0 Å². The average molecular weight is 193 g/mol. The minimum Gasteiger partial charge on any atom is -0.380 e. The molecule has 3 heteroatoms. The lowest BCUT2D eigenvalue weighted by atomic mass is 10.1. The van der Waals surface area contributed by atoms with Gasteiger partial charge in [0.1, 0.15) is 6.73 Å². The quantitative estimate of drug-likeness (QED) is 0.738. The largest absolute Gasteiger partial charge is 0.380 e. The number of aliphatic hydroxyl groups excluding tert-OH is 1. The smallest absolute Gasteiger partial charge is 0.134 e. The molecule has 14 heavy (non-hydrogen) atoms. The average Bonchev–Trinajstić information content (AvgIpc) is 2.19. The Kier molecular flexibility index (Phi) is 4.29. The van der Waals surface area contributed by atoms with Crippen LogP contribution in [0.4, 0.5) is 0 Å². The second-order valence-electron chi connectivity index (χ2n) is 3.02. The summed E-state index contributed by atoms with van der Waals surface area (Å²) in [5, 5.41) is 8.66. The summed E-state index contributed by atoms with van der Waals surface area (Å²) in [5.41, 5.74) is 2.97. The lowest BCUT2D eigenvalue weighted by Gasteiger charge is -2.03. The first-order chi connectivity index (χ1) is 6.77. The number of ether oxygens (including phenoxy) is 1. The van der Waals surface area contributed by atoms with Crippen LogP contribution >= 0.6 is 0 Å². The molecule has 0 atom stereocenters. The van der Waals surface area contributed by atoms with Crippen molar-refractivity contribution in [3.63, 3.8) is 0 Å². The van der Waals surface area contributed by atoms with Crippen LogP contribution in [0.15, 0.2) is 29.3 Å². The van der Waals surface area contributed by atoms with Gasteiger partial charge < -0.3 is 9.84 Å². The Morgan fingerprint density at radius 1 is 1.50 bits per heavy atom. The topological polar surface area (TPSA) is 41.8 Å². The fraction of sp³-hybridized carbons (Fsp3) is 0.364. The van der Waals surface area contributed by atoms with Crippen molar-refractivity contribution >= 4 is 5.71 Å². The van der Waals surface area contributed by atoms with E-state index in [1.54, 1.807) is 7.11 Å². The van der Waals surface area contributed by atoms with Gasteiger partial charge in [0.15, 0.2) is 0 Å². The molecule has 0 radical (unpaired) electrons. The molecule has 0 amide bonds. The fourth-order valence-corrected chi connectivity index (χ4v) is 1.25. The molecule has 1 N–H and O–H groups in total. The minimum atomic E-state index is -0.166. The Morgan fingerprint density at radius 3 is 2.93 bits per heavy atom. The Hall–Kier alpha value is -1.19. The Morgan fingerprint density at radius 2 is 2.29 bits per heavy atom. The second-order valence-corrected chi connectivity index (χ2v) is 3.02. The van der Waals surface area contributed by atoms with Crippen molar-refractivity contribution in [2.45, 2.75) is 13.5 Å². The number of aliphatic imine (C=N–C) groups is 1. The van der Waals surface area contributed by atoms with E-state index in [4.69, 9.17) is 9.84 Å². The third kappa shape index (κ3) is 2.94. The number of rotatable bonds is 4. The molecule has 0 aliphatic carbocycles. The number of methoxy groups -OCH3 is 1. The van der Waals surface area contributed by atoms with Crippen LogP contribution in [0.25, 0.3) is 0 Å². The van der Waals surface area contributed by atoms with Gasteiger partial charge in [0.25, 0.3) is 0 Å². The molecule has 0 saturated carbocycles. The summed E-state index contributed by atoms with van der Waals surface area (Å²) in [7, 11) is 1.67. The third-order valence-electron chi connectivity index (χ3n) is 1.96. The predicted molar refractivity (Wildman–Crippen MR) is 56.5 cm³/mol. The van der Waals surface area contributed by atoms with Gasteiger partial charge in [-0.25, -0.2) is 0 Å². The zero-order chi connectivity index (χ0) is 10.4. The van der Waals surface area contributed by atoms with E-state index in [9.17, 15) is 0 Å². The number of hydrogen-bond acceptors (Lipinski definition) is 3. The third-order valence-corrected chi connectivity index (χ3v) is 1.96. The summed E-state index contributed by atoms with van der Waals surface area (Å²) < 4.78 is 5.03. The molecule has 0 fully saturated rings.